The Balaban J connectivity index is 1.65. The lowest BCUT2D eigenvalue weighted by Gasteiger charge is -2.50. The van der Waals surface area contributed by atoms with Gasteiger partial charge in [-0.05, 0) is 6.92 Å². The first-order valence-electron chi connectivity index (χ1n) is 8.48. The van der Waals surface area contributed by atoms with Crippen molar-refractivity contribution in [3.05, 3.63) is 0 Å². The van der Waals surface area contributed by atoms with Crippen LogP contribution in [0.25, 0.3) is 0 Å². The summed E-state index contributed by atoms with van der Waals surface area (Å²) in [5.74, 6) is -1.52. The Morgan fingerprint density at radius 3 is 2.36 bits per heavy atom. The highest BCUT2D eigenvalue weighted by Crippen LogP contribution is 2.29. The summed E-state index contributed by atoms with van der Waals surface area (Å²) in [5, 5.41) is 1.06. The van der Waals surface area contributed by atoms with Crippen LogP contribution >= 0.6 is 0 Å². The number of rotatable bonds is 5. The maximum atomic E-state index is 12.4. The summed E-state index contributed by atoms with van der Waals surface area (Å²) in [7, 11) is -8.22. The molecule has 25 heavy (non-hydrogen) atoms. The molecule has 0 spiro atoms. The van der Waals surface area contributed by atoms with Crippen molar-refractivity contribution in [1.82, 2.24) is 10.2 Å². The van der Waals surface area contributed by atoms with E-state index < -0.39 is 42.2 Å². The first kappa shape index (κ1) is 19.0. The van der Waals surface area contributed by atoms with Gasteiger partial charge >= 0.3 is 0 Å². The fourth-order valence-electron chi connectivity index (χ4n) is 4.34. The van der Waals surface area contributed by atoms with Gasteiger partial charge in [0.2, 0.25) is 5.91 Å². The molecular weight excluding hydrogens is 370 g/mol. The minimum Gasteiger partial charge on any atom is -0.348 e. The van der Waals surface area contributed by atoms with Crippen molar-refractivity contribution >= 4 is 25.9 Å². The molecular formula is C14H26N3O6S2+. The Bertz CT molecular complexity index is 744. The molecule has 4 saturated heterocycles. The molecule has 11 heteroatoms. The SMILES string of the molecule is C[C@]1(NC(=O)CC[N+]23CCN(CC2)CC3)CS(=O)(=O)C[C@@H]1S(=O)(=O)O. The van der Waals surface area contributed by atoms with Crippen LogP contribution in [-0.2, 0) is 24.7 Å². The van der Waals surface area contributed by atoms with Gasteiger partial charge in [-0.1, -0.05) is 0 Å². The maximum Gasteiger partial charge on any atom is 0.271 e. The number of piperazine rings is 3. The molecule has 2 atom stereocenters. The van der Waals surface area contributed by atoms with Crippen LogP contribution in [0.1, 0.15) is 13.3 Å². The highest BCUT2D eigenvalue weighted by molar-refractivity contribution is 7.94. The second-order valence-corrected chi connectivity index (χ2v) is 11.6. The lowest BCUT2D eigenvalue weighted by Crippen LogP contribution is -2.67. The zero-order valence-electron chi connectivity index (χ0n) is 14.3. The van der Waals surface area contributed by atoms with Crippen molar-refractivity contribution in [3.8, 4) is 0 Å². The molecule has 9 nitrogen and oxygen atoms in total. The second kappa shape index (κ2) is 6.15. The van der Waals surface area contributed by atoms with Gasteiger partial charge in [0.15, 0.2) is 9.84 Å². The van der Waals surface area contributed by atoms with Gasteiger partial charge in [-0.15, -0.1) is 0 Å². The zero-order chi connectivity index (χ0) is 18.5. The van der Waals surface area contributed by atoms with E-state index in [9.17, 15) is 26.2 Å². The molecule has 144 valence electrons. The molecule has 4 fully saturated rings. The summed E-state index contributed by atoms with van der Waals surface area (Å²) >= 11 is 0. The zero-order valence-corrected chi connectivity index (χ0v) is 16.0. The fourth-order valence-corrected chi connectivity index (χ4v) is 8.69. The number of carbonyl (C=O) groups is 1. The lowest BCUT2D eigenvalue weighted by molar-refractivity contribution is -0.940. The fraction of sp³-hybridized carbons (Fsp3) is 0.929. The number of hydrogen-bond acceptors (Lipinski definition) is 6. The number of sulfone groups is 1. The average Bonchev–Trinajstić information content (AvgIpc) is 2.76. The predicted molar refractivity (Wildman–Crippen MR) is 91.3 cm³/mol. The van der Waals surface area contributed by atoms with Crippen molar-refractivity contribution in [3.63, 3.8) is 0 Å². The second-order valence-electron chi connectivity index (χ2n) is 7.85. The highest BCUT2D eigenvalue weighted by Gasteiger charge is 2.54. The molecule has 0 aromatic carbocycles. The Kier molecular flexibility index (Phi) is 4.68. The van der Waals surface area contributed by atoms with Crippen LogP contribution in [0.3, 0.4) is 0 Å². The third-order valence-corrected chi connectivity index (χ3v) is 9.40. The number of hydrogen-bond donors (Lipinski definition) is 2. The number of nitrogens with zero attached hydrogens (tertiary/aromatic N) is 2. The van der Waals surface area contributed by atoms with Gasteiger partial charge in [-0.25, -0.2) is 8.42 Å². The van der Waals surface area contributed by atoms with Crippen LogP contribution in [-0.4, -0.2) is 105 Å². The van der Waals surface area contributed by atoms with Crippen molar-refractivity contribution in [1.29, 1.82) is 0 Å². The van der Waals surface area contributed by atoms with Gasteiger partial charge in [-0.2, -0.15) is 8.42 Å². The number of quaternary nitrogens is 1. The third-order valence-electron chi connectivity index (χ3n) is 5.91. The standard InChI is InChI=1S/C14H25N3O6S2/c1-14(11-24(19,20)10-12(14)25(21,22)23)15-13(18)2-6-17-7-3-16(4-8-17)5-9-17/h12H,2-11H2,1H3,(H-,15,18,21,22,23)/p+1/t12-,14-/m0/s1. The topological polar surface area (TPSA) is 121 Å². The highest BCUT2D eigenvalue weighted by atomic mass is 32.2. The first-order chi connectivity index (χ1) is 11.4. The number of carbonyl (C=O) groups excluding carboxylic acids is 1. The Morgan fingerprint density at radius 1 is 1.28 bits per heavy atom. The molecule has 2 bridgehead atoms. The van der Waals surface area contributed by atoms with Crippen molar-refractivity contribution in [2.45, 2.75) is 24.1 Å². The molecule has 4 heterocycles. The molecule has 0 unspecified atom stereocenters. The monoisotopic (exact) mass is 396 g/mol. The van der Waals surface area contributed by atoms with E-state index in [2.05, 4.69) is 10.2 Å². The minimum atomic E-state index is -4.58. The van der Waals surface area contributed by atoms with Crippen molar-refractivity contribution in [2.24, 2.45) is 0 Å². The van der Waals surface area contributed by atoms with Crippen LogP contribution in [0.5, 0.6) is 0 Å². The van der Waals surface area contributed by atoms with Gasteiger partial charge < -0.3 is 9.80 Å². The molecule has 0 aromatic heterocycles. The molecule has 1 amide bonds. The predicted octanol–water partition coefficient (Wildman–Crippen LogP) is -1.92. The number of amides is 1. The Morgan fingerprint density at radius 2 is 1.84 bits per heavy atom. The van der Waals surface area contributed by atoms with Crippen LogP contribution in [0.15, 0.2) is 0 Å². The third kappa shape index (κ3) is 4.00. The van der Waals surface area contributed by atoms with E-state index in [0.717, 1.165) is 43.8 Å². The molecule has 2 N–H and O–H groups in total. The van der Waals surface area contributed by atoms with Gasteiger partial charge in [0, 0.05) is 19.6 Å². The van der Waals surface area contributed by atoms with E-state index in [-0.39, 0.29) is 12.3 Å². The van der Waals surface area contributed by atoms with Gasteiger partial charge in [0.25, 0.3) is 10.1 Å². The summed E-state index contributed by atoms with van der Waals surface area (Å²) in [6, 6.07) is 0. The normalized spacial score (nSPS) is 40.1. The molecule has 0 aromatic rings. The van der Waals surface area contributed by atoms with E-state index in [4.69, 9.17) is 0 Å². The summed E-state index contributed by atoms with van der Waals surface area (Å²) in [4.78, 5) is 14.8. The quantitative estimate of drug-likeness (QED) is 0.411. The molecule has 0 radical (unpaired) electrons. The molecule has 4 rings (SSSR count). The average molecular weight is 397 g/mol. The molecule has 0 aliphatic carbocycles. The number of fused-ring (bicyclic) bond motifs is 3. The molecule has 0 saturated carbocycles. The van der Waals surface area contributed by atoms with Gasteiger partial charge in [0.05, 0.1) is 49.6 Å². The van der Waals surface area contributed by atoms with Crippen LogP contribution in [0.4, 0.5) is 0 Å². The first-order valence-corrected chi connectivity index (χ1v) is 11.8. The summed E-state index contributed by atoms with van der Waals surface area (Å²) in [6.07, 6.45) is 0.216. The van der Waals surface area contributed by atoms with Crippen LogP contribution < -0.4 is 5.32 Å². The number of nitrogens with one attached hydrogen (secondary N) is 1. The van der Waals surface area contributed by atoms with E-state index >= 15 is 0 Å². The largest absolute Gasteiger partial charge is 0.348 e. The molecule has 4 aliphatic heterocycles. The van der Waals surface area contributed by atoms with Crippen molar-refractivity contribution < 1.29 is 30.7 Å². The van der Waals surface area contributed by atoms with E-state index in [0.29, 0.717) is 6.54 Å². The van der Waals surface area contributed by atoms with Gasteiger partial charge in [-0.3, -0.25) is 14.2 Å². The smallest absolute Gasteiger partial charge is 0.271 e. The summed E-state index contributed by atoms with van der Waals surface area (Å²) in [5.41, 5.74) is -1.50. The van der Waals surface area contributed by atoms with Crippen LogP contribution in [0, 0.1) is 0 Å². The Hall–Kier alpha value is -0.750. The molecule has 4 aliphatic rings. The Labute approximate surface area is 148 Å². The van der Waals surface area contributed by atoms with Crippen LogP contribution in [0.2, 0.25) is 0 Å². The van der Waals surface area contributed by atoms with E-state index in [1.54, 1.807) is 0 Å². The lowest BCUT2D eigenvalue weighted by atomic mass is 10.0. The minimum absolute atomic E-state index is 0.216. The van der Waals surface area contributed by atoms with E-state index in [1.165, 1.54) is 6.92 Å². The maximum absolute atomic E-state index is 12.4. The van der Waals surface area contributed by atoms with Gasteiger partial charge in [0.1, 0.15) is 5.25 Å². The van der Waals surface area contributed by atoms with Crippen molar-refractivity contribution in [2.75, 3.05) is 57.3 Å². The summed E-state index contributed by atoms with van der Waals surface area (Å²) in [6.45, 7) is 8.15. The summed E-state index contributed by atoms with van der Waals surface area (Å²) < 4.78 is 57.1. The van der Waals surface area contributed by atoms with E-state index in [1.807, 2.05) is 0 Å².